The van der Waals surface area contributed by atoms with Gasteiger partial charge in [0.2, 0.25) is 0 Å². The van der Waals surface area contributed by atoms with Crippen molar-refractivity contribution in [1.82, 2.24) is 14.8 Å². The van der Waals surface area contributed by atoms with E-state index in [2.05, 4.69) is 10.1 Å². The van der Waals surface area contributed by atoms with Crippen molar-refractivity contribution in [3.8, 4) is 0 Å². The van der Waals surface area contributed by atoms with Crippen LogP contribution < -0.4 is 5.73 Å². The summed E-state index contributed by atoms with van der Waals surface area (Å²) in [6.45, 7) is 1.91. The van der Waals surface area contributed by atoms with Crippen molar-refractivity contribution in [3.05, 3.63) is 42.2 Å². The number of aromatic nitrogens is 3. The van der Waals surface area contributed by atoms with Gasteiger partial charge < -0.3 is 5.73 Å². The second-order valence-electron chi connectivity index (χ2n) is 3.37. The summed E-state index contributed by atoms with van der Waals surface area (Å²) in [6.07, 6.45) is 6.05. The number of hydrogen-bond acceptors (Lipinski definition) is 3. The number of pyridine rings is 1. The second kappa shape index (κ2) is 3.68. The van der Waals surface area contributed by atoms with Gasteiger partial charge in [-0.25, -0.2) is 4.39 Å². The van der Waals surface area contributed by atoms with Crippen molar-refractivity contribution in [2.75, 3.05) is 5.73 Å². The second-order valence-corrected chi connectivity index (χ2v) is 3.37. The maximum atomic E-state index is 12.9. The molecule has 1 atom stereocenters. The maximum absolute atomic E-state index is 12.9. The molecule has 0 aliphatic rings. The minimum absolute atomic E-state index is 0.0782. The third kappa shape index (κ3) is 1.96. The summed E-state index contributed by atoms with van der Waals surface area (Å²) in [5.74, 6) is -0.348. The van der Waals surface area contributed by atoms with Crippen LogP contribution in [0.5, 0.6) is 0 Å². The van der Waals surface area contributed by atoms with Crippen LogP contribution >= 0.6 is 0 Å². The summed E-state index contributed by atoms with van der Waals surface area (Å²) in [7, 11) is 0. The van der Waals surface area contributed by atoms with Crippen LogP contribution in [0.2, 0.25) is 0 Å². The van der Waals surface area contributed by atoms with E-state index in [4.69, 9.17) is 5.73 Å². The van der Waals surface area contributed by atoms with E-state index in [1.807, 2.05) is 6.92 Å². The minimum Gasteiger partial charge on any atom is -0.396 e. The molecule has 0 aliphatic carbocycles. The average molecular weight is 206 g/mol. The quantitative estimate of drug-likeness (QED) is 0.812. The molecule has 0 radical (unpaired) electrons. The monoisotopic (exact) mass is 206 g/mol. The van der Waals surface area contributed by atoms with E-state index in [1.165, 1.54) is 12.3 Å². The fourth-order valence-electron chi connectivity index (χ4n) is 1.37. The van der Waals surface area contributed by atoms with E-state index < -0.39 is 0 Å². The molecular weight excluding hydrogens is 195 g/mol. The summed E-state index contributed by atoms with van der Waals surface area (Å²) in [6, 6.07) is 1.36. The molecule has 0 spiro atoms. The smallest absolute Gasteiger partial charge is 0.141 e. The molecule has 5 heteroatoms. The molecule has 0 saturated carbocycles. The highest BCUT2D eigenvalue weighted by molar-refractivity contribution is 5.31. The van der Waals surface area contributed by atoms with Crippen LogP contribution in [-0.4, -0.2) is 14.8 Å². The third-order valence-electron chi connectivity index (χ3n) is 2.23. The summed E-state index contributed by atoms with van der Waals surface area (Å²) >= 11 is 0. The van der Waals surface area contributed by atoms with Crippen LogP contribution in [0.1, 0.15) is 18.5 Å². The molecule has 2 aromatic heterocycles. The molecule has 0 bridgehead atoms. The molecule has 15 heavy (non-hydrogen) atoms. The van der Waals surface area contributed by atoms with Gasteiger partial charge in [0.15, 0.2) is 0 Å². The van der Waals surface area contributed by atoms with Crippen LogP contribution in [0, 0.1) is 5.82 Å². The zero-order valence-electron chi connectivity index (χ0n) is 8.26. The van der Waals surface area contributed by atoms with E-state index >= 15 is 0 Å². The van der Waals surface area contributed by atoms with Gasteiger partial charge in [-0.3, -0.25) is 9.67 Å². The first-order valence-electron chi connectivity index (χ1n) is 4.57. The lowest BCUT2D eigenvalue weighted by molar-refractivity contribution is 0.552. The standard InChI is InChI=1S/C10H11FN4/c1-7(15-6-10(12)5-14-15)8-2-9(11)4-13-3-8/h2-7H,12H2,1H3/t7-/m0/s1. The topological polar surface area (TPSA) is 56.7 Å². The third-order valence-corrected chi connectivity index (χ3v) is 2.23. The highest BCUT2D eigenvalue weighted by Crippen LogP contribution is 2.17. The van der Waals surface area contributed by atoms with Crippen molar-refractivity contribution < 1.29 is 4.39 Å². The van der Waals surface area contributed by atoms with Crippen LogP contribution in [0.4, 0.5) is 10.1 Å². The van der Waals surface area contributed by atoms with Gasteiger partial charge in [0.1, 0.15) is 5.82 Å². The number of nitrogens with two attached hydrogens (primary N) is 1. The van der Waals surface area contributed by atoms with Crippen molar-refractivity contribution in [2.24, 2.45) is 0 Å². The molecule has 0 fully saturated rings. The Kier molecular flexibility index (Phi) is 2.37. The maximum Gasteiger partial charge on any atom is 0.141 e. The molecule has 2 rings (SSSR count). The fourth-order valence-corrected chi connectivity index (χ4v) is 1.37. The summed E-state index contributed by atoms with van der Waals surface area (Å²) in [4.78, 5) is 3.79. The lowest BCUT2D eigenvalue weighted by Gasteiger charge is -2.11. The van der Waals surface area contributed by atoms with Crippen molar-refractivity contribution in [2.45, 2.75) is 13.0 Å². The molecule has 2 N–H and O–H groups in total. The van der Waals surface area contributed by atoms with E-state index in [-0.39, 0.29) is 11.9 Å². The van der Waals surface area contributed by atoms with Crippen LogP contribution in [0.25, 0.3) is 0 Å². The Balaban J connectivity index is 2.32. The molecule has 2 heterocycles. The molecule has 0 unspecified atom stereocenters. The van der Waals surface area contributed by atoms with Gasteiger partial charge >= 0.3 is 0 Å². The number of anilines is 1. The highest BCUT2D eigenvalue weighted by Gasteiger charge is 2.09. The Bertz CT molecular complexity index is 466. The normalized spacial score (nSPS) is 12.7. The van der Waals surface area contributed by atoms with Crippen LogP contribution in [0.15, 0.2) is 30.9 Å². The summed E-state index contributed by atoms with van der Waals surface area (Å²) in [5, 5.41) is 4.06. The Morgan fingerprint density at radius 2 is 2.20 bits per heavy atom. The first-order valence-corrected chi connectivity index (χ1v) is 4.57. The molecule has 78 valence electrons. The number of nitrogen functional groups attached to an aromatic ring is 1. The van der Waals surface area contributed by atoms with Gasteiger partial charge in [0.25, 0.3) is 0 Å². The Hall–Kier alpha value is -1.91. The predicted octanol–water partition coefficient (Wildman–Crippen LogP) is 1.61. The average Bonchev–Trinajstić information content (AvgIpc) is 2.64. The van der Waals surface area contributed by atoms with E-state index in [9.17, 15) is 4.39 Å². The Labute approximate surface area is 86.6 Å². The number of halogens is 1. The largest absolute Gasteiger partial charge is 0.396 e. The number of nitrogens with zero attached hydrogens (tertiary/aromatic N) is 3. The lowest BCUT2D eigenvalue weighted by atomic mass is 10.1. The lowest BCUT2D eigenvalue weighted by Crippen LogP contribution is -2.07. The highest BCUT2D eigenvalue weighted by atomic mass is 19.1. The van der Waals surface area contributed by atoms with E-state index in [0.29, 0.717) is 5.69 Å². The van der Waals surface area contributed by atoms with Crippen molar-refractivity contribution in [3.63, 3.8) is 0 Å². The molecule has 0 aliphatic heterocycles. The van der Waals surface area contributed by atoms with Crippen LogP contribution in [-0.2, 0) is 0 Å². The zero-order valence-corrected chi connectivity index (χ0v) is 8.26. The number of rotatable bonds is 2. The molecular formula is C10H11FN4. The van der Waals surface area contributed by atoms with Gasteiger partial charge in [-0.05, 0) is 18.6 Å². The van der Waals surface area contributed by atoms with Gasteiger partial charge in [0, 0.05) is 12.4 Å². The molecule has 0 aromatic carbocycles. The minimum atomic E-state index is -0.348. The fraction of sp³-hybridized carbons (Fsp3) is 0.200. The van der Waals surface area contributed by atoms with Gasteiger partial charge in [-0.1, -0.05) is 0 Å². The molecule has 0 saturated heterocycles. The summed E-state index contributed by atoms with van der Waals surface area (Å²) in [5.41, 5.74) is 6.90. The van der Waals surface area contributed by atoms with E-state index in [0.717, 1.165) is 5.56 Å². The zero-order chi connectivity index (χ0) is 10.8. The molecule has 0 amide bonds. The first-order chi connectivity index (χ1) is 7.16. The Morgan fingerprint density at radius 3 is 2.80 bits per heavy atom. The van der Waals surface area contributed by atoms with Gasteiger partial charge in [-0.15, -0.1) is 0 Å². The van der Waals surface area contributed by atoms with E-state index in [1.54, 1.807) is 23.3 Å². The molecule has 2 aromatic rings. The first kappa shape index (κ1) is 9.64. The van der Waals surface area contributed by atoms with Crippen LogP contribution in [0.3, 0.4) is 0 Å². The van der Waals surface area contributed by atoms with Gasteiger partial charge in [-0.2, -0.15) is 5.10 Å². The summed E-state index contributed by atoms with van der Waals surface area (Å²) < 4.78 is 14.6. The molecule has 4 nitrogen and oxygen atoms in total. The van der Waals surface area contributed by atoms with Crippen molar-refractivity contribution in [1.29, 1.82) is 0 Å². The number of hydrogen-bond donors (Lipinski definition) is 1. The Morgan fingerprint density at radius 1 is 1.40 bits per heavy atom. The van der Waals surface area contributed by atoms with Gasteiger partial charge in [0.05, 0.1) is 24.1 Å². The SMILES string of the molecule is C[C@@H](c1cncc(F)c1)n1cc(N)cn1. The van der Waals surface area contributed by atoms with Crippen molar-refractivity contribution >= 4 is 5.69 Å². The predicted molar refractivity (Wildman–Crippen MR) is 54.6 cm³/mol.